The van der Waals surface area contributed by atoms with Crippen LogP contribution in [0.25, 0.3) is 0 Å². The maximum atomic E-state index is 5.87. The normalized spacial score (nSPS) is 10.9. The smallest absolute Gasteiger partial charge is 0.0416 e. The van der Waals surface area contributed by atoms with Crippen LogP contribution in [0.2, 0.25) is 5.02 Å². The van der Waals surface area contributed by atoms with E-state index in [1.165, 1.54) is 4.90 Å². The summed E-state index contributed by atoms with van der Waals surface area (Å²) < 4.78 is 0. The maximum Gasteiger partial charge on any atom is 0.0416 e. The Hall–Kier alpha value is -1.03. The molecule has 0 radical (unpaired) electrons. The first-order chi connectivity index (χ1) is 9.74. The van der Waals surface area contributed by atoms with Gasteiger partial charge in [-0.05, 0) is 43.4 Å². The Morgan fingerprint density at radius 2 is 1.90 bits per heavy atom. The van der Waals surface area contributed by atoms with Gasteiger partial charge in [-0.15, -0.1) is 11.8 Å². The Morgan fingerprint density at radius 3 is 2.60 bits per heavy atom. The Labute approximate surface area is 130 Å². The minimum atomic E-state index is 0.793. The number of nitrogens with zero attached hydrogens (tertiary/aromatic N) is 2. The summed E-state index contributed by atoms with van der Waals surface area (Å²) in [5.41, 5.74) is 1.16. The number of hydrogen-bond acceptors (Lipinski definition) is 3. The number of pyridine rings is 1. The van der Waals surface area contributed by atoms with Crippen molar-refractivity contribution in [1.82, 2.24) is 9.88 Å². The van der Waals surface area contributed by atoms with E-state index in [4.69, 9.17) is 11.6 Å². The maximum absolute atomic E-state index is 5.87. The van der Waals surface area contributed by atoms with E-state index in [2.05, 4.69) is 35.1 Å². The summed E-state index contributed by atoms with van der Waals surface area (Å²) in [5.74, 6) is 1.08. The molecule has 0 N–H and O–H groups in total. The Kier molecular flexibility index (Phi) is 6.37. The summed E-state index contributed by atoms with van der Waals surface area (Å²) in [6.45, 7) is 2.11. The van der Waals surface area contributed by atoms with Crippen LogP contribution < -0.4 is 0 Å². The first kappa shape index (κ1) is 15.4. The van der Waals surface area contributed by atoms with Gasteiger partial charge in [0.25, 0.3) is 0 Å². The van der Waals surface area contributed by atoms with Crippen LogP contribution in [0.15, 0.2) is 53.6 Å². The van der Waals surface area contributed by atoms with Gasteiger partial charge >= 0.3 is 0 Å². The van der Waals surface area contributed by atoms with Gasteiger partial charge < -0.3 is 4.90 Å². The van der Waals surface area contributed by atoms with Crippen LogP contribution >= 0.6 is 23.4 Å². The third kappa shape index (κ3) is 5.53. The molecule has 0 unspecified atom stereocenters. The number of halogens is 1. The van der Waals surface area contributed by atoms with E-state index in [0.717, 1.165) is 36.0 Å². The summed E-state index contributed by atoms with van der Waals surface area (Å²) in [6.07, 6.45) is 2.86. The second-order valence-corrected chi connectivity index (χ2v) is 6.28. The van der Waals surface area contributed by atoms with Gasteiger partial charge in [0.05, 0.1) is 0 Å². The van der Waals surface area contributed by atoms with Crippen molar-refractivity contribution in [3.63, 3.8) is 0 Å². The molecule has 4 heteroatoms. The molecule has 2 rings (SSSR count). The minimum absolute atomic E-state index is 0.793. The largest absolute Gasteiger partial charge is 0.305 e. The SMILES string of the molecule is CN(CCSc1ccc(Cl)cc1)CCc1ccccn1. The van der Waals surface area contributed by atoms with Gasteiger partial charge in [0.15, 0.2) is 0 Å². The predicted molar refractivity (Wildman–Crippen MR) is 87.6 cm³/mol. The second-order valence-electron chi connectivity index (χ2n) is 4.68. The fourth-order valence-electron chi connectivity index (χ4n) is 1.81. The molecule has 0 bridgehead atoms. The molecule has 0 spiro atoms. The molecule has 0 atom stereocenters. The van der Waals surface area contributed by atoms with Gasteiger partial charge in [0.1, 0.15) is 0 Å². The molecule has 1 heterocycles. The van der Waals surface area contributed by atoms with Crippen LogP contribution in [0.4, 0.5) is 0 Å². The highest BCUT2D eigenvalue weighted by molar-refractivity contribution is 7.99. The van der Waals surface area contributed by atoms with E-state index >= 15 is 0 Å². The van der Waals surface area contributed by atoms with Gasteiger partial charge in [-0.2, -0.15) is 0 Å². The molecule has 0 aliphatic rings. The average molecular weight is 307 g/mol. The van der Waals surface area contributed by atoms with Crippen LogP contribution in [0.3, 0.4) is 0 Å². The van der Waals surface area contributed by atoms with E-state index in [-0.39, 0.29) is 0 Å². The number of thioether (sulfide) groups is 1. The number of benzene rings is 1. The topological polar surface area (TPSA) is 16.1 Å². The van der Waals surface area contributed by atoms with Crippen LogP contribution in [-0.2, 0) is 6.42 Å². The zero-order valence-corrected chi connectivity index (χ0v) is 13.2. The Morgan fingerprint density at radius 1 is 1.10 bits per heavy atom. The van der Waals surface area contributed by atoms with E-state index in [9.17, 15) is 0 Å². The van der Waals surface area contributed by atoms with Gasteiger partial charge in [0.2, 0.25) is 0 Å². The third-order valence-electron chi connectivity index (χ3n) is 3.03. The molecule has 0 fully saturated rings. The fourth-order valence-corrected chi connectivity index (χ4v) is 2.91. The van der Waals surface area contributed by atoms with Gasteiger partial charge in [-0.1, -0.05) is 17.7 Å². The lowest BCUT2D eigenvalue weighted by Crippen LogP contribution is -2.24. The van der Waals surface area contributed by atoms with E-state index in [0.29, 0.717) is 0 Å². The zero-order valence-electron chi connectivity index (χ0n) is 11.6. The van der Waals surface area contributed by atoms with Crippen LogP contribution in [-0.4, -0.2) is 35.8 Å². The van der Waals surface area contributed by atoms with Gasteiger partial charge in [0, 0.05) is 47.1 Å². The van der Waals surface area contributed by atoms with Crippen molar-refractivity contribution >= 4 is 23.4 Å². The lowest BCUT2D eigenvalue weighted by atomic mass is 10.2. The van der Waals surface area contributed by atoms with Crippen molar-refractivity contribution in [3.05, 3.63) is 59.4 Å². The number of rotatable bonds is 7. The molecule has 0 saturated carbocycles. The van der Waals surface area contributed by atoms with Crippen molar-refractivity contribution in [1.29, 1.82) is 0 Å². The monoisotopic (exact) mass is 306 g/mol. The Bertz CT molecular complexity index is 502. The Balaban J connectivity index is 1.65. The highest BCUT2D eigenvalue weighted by atomic mass is 35.5. The van der Waals surface area contributed by atoms with E-state index < -0.39 is 0 Å². The van der Waals surface area contributed by atoms with E-state index in [1.54, 1.807) is 0 Å². The van der Waals surface area contributed by atoms with Gasteiger partial charge in [-0.25, -0.2) is 0 Å². The number of hydrogen-bond donors (Lipinski definition) is 0. The summed E-state index contributed by atoms with van der Waals surface area (Å²) in [6, 6.07) is 14.1. The first-order valence-corrected chi connectivity index (χ1v) is 8.07. The second kappa shape index (κ2) is 8.30. The highest BCUT2D eigenvalue weighted by Gasteiger charge is 2.01. The first-order valence-electron chi connectivity index (χ1n) is 6.71. The summed E-state index contributed by atoms with van der Waals surface area (Å²) in [7, 11) is 2.16. The molecule has 0 aliphatic heterocycles. The van der Waals surface area contributed by atoms with E-state index in [1.807, 2.05) is 42.2 Å². The predicted octanol–water partition coefficient (Wildman–Crippen LogP) is 4.00. The summed E-state index contributed by atoms with van der Waals surface area (Å²) in [5, 5.41) is 0.793. The van der Waals surface area contributed by atoms with Crippen molar-refractivity contribution in [2.24, 2.45) is 0 Å². The molecule has 106 valence electrons. The van der Waals surface area contributed by atoms with Crippen molar-refractivity contribution < 1.29 is 0 Å². The molecule has 1 aromatic heterocycles. The van der Waals surface area contributed by atoms with Crippen molar-refractivity contribution in [2.75, 3.05) is 25.9 Å². The molecular weight excluding hydrogens is 288 g/mol. The third-order valence-corrected chi connectivity index (χ3v) is 4.28. The molecule has 0 aliphatic carbocycles. The van der Waals surface area contributed by atoms with Gasteiger partial charge in [-0.3, -0.25) is 4.98 Å². The summed E-state index contributed by atoms with van der Waals surface area (Å²) in [4.78, 5) is 7.96. The number of aromatic nitrogens is 1. The fraction of sp³-hybridized carbons (Fsp3) is 0.312. The molecule has 0 saturated heterocycles. The molecular formula is C16H19ClN2S. The lowest BCUT2D eigenvalue weighted by Gasteiger charge is -2.15. The van der Waals surface area contributed by atoms with Crippen LogP contribution in [0.5, 0.6) is 0 Å². The molecule has 0 amide bonds. The van der Waals surface area contributed by atoms with Crippen molar-refractivity contribution in [2.45, 2.75) is 11.3 Å². The minimum Gasteiger partial charge on any atom is -0.305 e. The van der Waals surface area contributed by atoms with Crippen LogP contribution in [0, 0.1) is 0 Å². The highest BCUT2D eigenvalue weighted by Crippen LogP contribution is 2.20. The van der Waals surface area contributed by atoms with Crippen molar-refractivity contribution in [3.8, 4) is 0 Å². The quantitative estimate of drug-likeness (QED) is 0.719. The lowest BCUT2D eigenvalue weighted by molar-refractivity contribution is 0.359. The standard InChI is InChI=1S/C16H19ClN2S/c1-19(11-9-15-4-2-3-10-18-15)12-13-20-16-7-5-14(17)6-8-16/h2-8,10H,9,11-13H2,1H3. The molecule has 2 aromatic rings. The zero-order chi connectivity index (χ0) is 14.2. The number of likely N-dealkylation sites (N-methyl/N-ethyl adjacent to an activating group) is 1. The van der Waals surface area contributed by atoms with Crippen LogP contribution in [0.1, 0.15) is 5.69 Å². The summed E-state index contributed by atoms with van der Waals surface area (Å²) >= 11 is 7.74. The molecule has 2 nitrogen and oxygen atoms in total. The average Bonchev–Trinajstić information content (AvgIpc) is 2.48. The molecule has 20 heavy (non-hydrogen) atoms. The molecule has 1 aromatic carbocycles.